The molecule has 15 heavy (non-hydrogen) atoms. The first-order valence-corrected chi connectivity index (χ1v) is 5.57. The quantitative estimate of drug-likeness (QED) is 0.903. The Labute approximate surface area is 97.4 Å². The van der Waals surface area contributed by atoms with Crippen molar-refractivity contribution in [2.24, 2.45) is 7.05 Å². The number of nitrogens with zero attached hydrogens (tertiary/aromatic N) is 4. The molecule has 0 aliphatic rings. The number of anilines is 1. The maximum atomic E-state index is 11.6. The van der Waals surface area contributed by atoms with Crippen molar-refractivity contribution >= 4 is 39.1 Å². The number of carbonyl (C=O) groups is 1. The highest BCUT2D eigenvalue weighted by Crippen LogP contribution is 2.22. The van der Waals surface area contributed by atoms with Crippen molar-refractivity contribution in [1.82, 2.24) is 20.2 Å². The van der Waals surface area contributed by atoms with Gasteiger partial charge in [0.05, 0.1) is 15.7 Å². The number of thiophene rings is 1. The first kappa shape index (κ1) is 10.2. The second-order valence-electron chi connectivity index (χ2n) is 2.66. The molecule has 0 unspecified atom stereocenters. The van der Waals surface area contributed by atoms with Crippen LogP contribution in [-0.2, 0) is 7.05 Å². The van der Waals surface area contributed by atoms with E-state index >= 15 is 0 Å². The molecule has 78 valence electrons. The average Bonchev–Trinajstić information content (AvgIpc) is 2.75. The fourth-order valence-electron chi connectivity index (χ4n) is 0.934. The molecular formula is C7H6BrN5OS. The van der Waals surface area contributed by atoms with Crippen molar-refractivity contribution in [3.8, 4) is 0 Å². The standard InChI is InChI=1S/C7H6BrN5OS/c1-13-11-7(10-12-13)9-6(14)4-2-3-5(8)15-4/h2-3H,1H3,(H,9,11,14). The molecule has 0 fully saturated rings. The molecule has 2 heterocycles. The summed E-state index contributed by atoms with van der Waals surface area (Å²) in [6, 6.07) is 3.53. The van der Waals surface area contributed by atoms with Gasteiger partial charge < -0.3 is 0 Å². The second kappa shape index (κ2) is 4.07. The van der Waals surface area contributed by atoms with Gasteiger partial charge in [0.15, 0.2) is 0 Å². The molecule has 2 aromatic rings. The van der Waals surface area contributed by atoms with Gasteiger partial charge in [-0.3, -0.25) is 10.1 Å². The zero-order chi connectivity index (χ0) is 10.8. The number of nitrogens with one attached hydrogen (secondary N) is 1. The van der Waals surface area contributed by atoms with Gasteiger partial charge in [-0.25, -0.2) is 0 Å². The van der Waals surface area contributed by atoms with E-state index < -0.39 is 0 Å². The highest BCUT2D eigenvalue weighted by Gasteiger charge is 2.11. The molecule has 1 amide bonds. The largest absolute Gasteiger partial charge is 0.287 e. The normalized spacial score (nSPS) is 10.3. The van der Waals surface area contributed by atoms with Crippen molar-refractivity contribution < 1.29 is 4.79 Å². The molecule has 0 aliphatic carbocycles. The fourth-order valence-corrected chi connectivity index (χ4v) is 2.21. The topological polar surface area (TPSA) is 72.7 Å². The van der Waals surface area contributed by atoms with E-state index in [0.717, 1.165) is 3.79 Å². The van der Waals surface area contributed by atoms with Crippen LogP contribution in [-0.4, -0.2) is 26.1 Å². The summed E-state index contributed by atoms with van der Waals surface area (Å²) in [6.07, 6.45) is 0. The Hall–Kier alpha value is -1.28. The zero-order valence-electron chi connectivity index (χ0n) is 7.64. The first-order chi connectivity index (χ1) is 7.15. The van der Waals surface area contributed by atoms with Crippen LogP contribution >= 0.6 is 27.3 Å². The number of rotatable bonds is 2. The van der Waals surface area contributed by atoms with Crippen molar-refractivity contribution in [3.05, 3.63) is 20.8 Å². The lowest BCUT2D eigenvalue weighted by atomic mass is 10.4. The van der Waals surface area contributed by atoms with Crippen LogP contribution in [0, 0.1) is 0 Å². The second-order valence-corrected chi connectivity index (χ2v) is 5.12. The summed E-state index contributed by atoms with van der Waals surface area (Å²) in [4.78, 5) is 13.5. The van der Waals surface area contributed by atoms with Gasteiger partial charge in [-0.05, 0) is 33.3 Å². The fraction of sp³-hybridized carbons (Fsp3) is 0.143. The summed E-state index contributed by atoms with van der Waals surface area (Å²) in [5, 5.41) is 13.6. The minimum Gasteiger partial charge on any atom is -0.287 e. The van der Waals surface area contributed by atoms with Crippen molar-refractivity contribution in [1.29, 1.82) is 0 Å². The van der Waals surface area contributed by atoms with Gasteiger partial charge in [-0.15, -0.1) is 16.4 Å². The van der Waals surface area contributed by atoms with Crippen LogP contribution < -0.4 is 5.32 Å². The third-order valence-corrected chi connectivity index (χ3v) is 3.15. The lowest BCUT2D eigenvalue weighted by Crippen LogP contribution is -2.11. The molecule has 8 heteroatoms. The van der Waals surface area contributed by atoms with Gasteiger partial charge in [0.25, 0.3) is 11.9 Å². The Morgan fingerprint density at radius 3 is 2.93 bits per heavy atom. The summed E-state index contributed by atoms with van der Waals surface area (Å²) in [5.41, 5.74) is 0. The van der Waals surface area contributed by atoms with E-state index in [-0.39, 0.29) is 11.9 Å². The summed E-state index contributed by atoms with van der Waals surface area (Å²) < 4.78 is 0.903. The molecular weight excluding hydrogens is 282 g/mol. The minimum atomic E-state index is -0.237. The van der Waals surface area contributed by atoms with Gasteiger partial charge in [0.2, 0.25) is 0 Å². The molecule has 0 spiro atoms. The smallest absolute Gasteiger partial charge is 0.270 e. The third kappa shape index (κ3) is 2.39. The number of amides is 1. The van der Waals surface area contributed by atoms with Crippen molar-refractivity contribution in [3.63, 3.8) is 0 Å². The average molecular weight is 288 g/mol. The summed E-state index contributed by atoms with van der Waals surface area (Å²) in [5.74, 6) is -0.0364. The summed E-state index contributed by atoms with van der Waals surface area (Å²) in [7, 11) is 1.63. The lowest BCUT2D eigenvalue weighted by molar-refractivity contribution is 0.102. The van der Waals surface area contributed by atoms with Crippen molar-refractivity contribution in [2.45, 2.75) is 0 Å². The van der Waals surface area contributed by atoms with Crippen LogP contribution in [0.5, 0.6) is 0 Å². The molecule has 6 nitrogen and oxygen atoms in total. The number of aromatic nitrogens is 4. The van der Waals surface area contributed by atoms with Crippen LogP contribution in [0.4, 0.5) is 5.95 Å². The first-order valence-electron chi connectivity index (χ1n) is 3.96. The number of halogens is 1. The molecule has 2 aromatic heterocycles. The number of hydrogen-bond donors (Lipinski definition) is 1. The van der Waals surface area contributed by atoms with Gasteiger partial charge in [-0.1, -0.05) is 5.10 Å². The molecule has 1 N–H and O–H groups in total. The molecule has 0 radical (unpaired) electrons. The van der Waals surface area contributed by atoms with Gasteiger partial charge in [0.1, 0.15) is 0 Å². The van der Waals surface area contributed by atoms with E-state index in [1.165, 1.54) is 16.1 Å². The van der Waals surface area contributed by atoms with E-state index in [9.17, 15) is 4.79 Å². The molecule has 0 saturated heterocycles. The maximum Gasteiger partial charge on any atom is 0.270 e. The van der Waals surface area contributed by atoms with E-state index in [1.807, 2.05) is 6.07 Å². The van der Waals surface area contributed by atoms with Gasteiger partial charge in [0, 0.05) is 0 Å². The number of aryl methyl sites for hydroxylation is 1. The van der Waals surface area contributed by atoms with Crippen molar-refractivity contribution in [2.75, 3.05) is 5.32 Å². The highest BCUT2D eigenvalue weighted by atomic mass is 79.9. The van der Waals surface area contributed by atoms with Crippen LogP contribution in [0.25, 0.3) is 0 Å². The monoisotopic (exact) mass is 287 g/mol. The summed E-state index contributed by atoms with van der Waals surface area (Å²) in [6.45, 7) is 0. The predicted octanol–water partition coefficient (Wildman–Crippen LogP) is 1.29. The van der Waals surface area contributed by atoms with Gasteiger partial charge >= 0.3 is 0 Å². The zero-order valence-corrected chi connectivity index (χ0v) is 10.0. The van der Waals surface area contributed by atoms with E-state index in [4.69, 9.17) is 0 Å². The van der Waals surface area contributed by atoms with E-state index in [0.29, 0.717) is 4.88 Å². The molecule has 0 bridgehead atoms. The number of tetrazole rings is 1. The third-order valence-electron chi connectivity index (χ3n) is 1.53. The number of hydrogen-bond acceptors (Lipinski definition) is 5. The van der Waals surface area contributed by atoms with Crippen LogP contribution in [0.2, 0.25) is 0 Å². The Morgan fingerprint density at radius 2 is 2.40 bits per heavy atom. The van der Waals surface area contributed by atoms with E-state index in [2.05, 4.69) is 36.7 Å². The molecule has 0 atom stereocenters. The van der Waals surface area contributed by atoms with Crippen LogP contribution in [0.1, 0.15) is 9.67 Å². The SMILES string of the molecule is Cn1nnc(NC(=O)c2ccc(Br)s2)n1. The summed E-state index contributed by atoms with van der Waals surface area (Å²) >= 11 is 4.62. The predicted molar refractivity (Wildman–Crippen MR) is 58.8 cm³/mol. The molecule has 2 rings (SSSR count). The maximum absolute atomic E-state index is 11.6. The molecule has 0 aliphatic heterocycles. The minimum absolute atomic E-state index is 0.201. The number of carbonyl (C=O) groups excluding carboxylic acids is 1. The molecule has 0 saturated carbocycles. The van der Waals surface area contributed by atoms with Gasteiger partial charge in [-0.2, -0.15) is 4.80 Å². The Morgan fingerprint density at radius 1 is 1.60 bits per heavy atom. The molecule has 0 aromatic carbocycles. The Bertz CT molecular complexity index is 493. The highest BCUT2D eigenvalue weighted by molar-refractivity contribution is 9.11. The Kier molecular flexibility index (Phi) is 2.78. The van der Waals surface area contributed by atoms with Crippen LogP contribution in [0.15, 0.2) is 15.9 Å². The van der Waals surface area contributed by atoms with Crippen LogP contribution in [0.3, 0.4) is 0 Å². The Balaban J connectivity index is 2.10. The van der Waals surface area contributed by atoms with E-state index in [1.54, 1.807) is 13.1 Å². The lowest BCUT2D eigenvalue weighted by Gasteiger charge is -1.95.